The second-order valence-electron chi connectivity index (χ2n) is 2.93. The Bertz CT molecular complexity index is 586. The summed E-state index contributed by atoms with van der Waals surface area (Å²) >= 11 is 0. The summed E-state index contributed by atoms with van der Waals surface area (Å²) in [6.45, 7) is 0. The Hall–Kier alpha value is -1.53. The fourth-order valence-corrected chi connectivity index (χ4v) is 2.02. The molecule has 5 nitrogen and oxygen atoms in total. The molecule has 0 atom stereocenters. The van der Waals surface area contributed by atoms with E-state index >= 15 is 0 Å². The number of rotatable bonds is 1. The average molecular weight is 212 g/mol. The number of aromatic hydroxyl groups is 1. The van der Waals surface area contributed by atoms with Gasteiger partial charge >= 0.3 is 0 Å². The lowest BCUT2D eigenvalue weighted by Gasteiger charge is -1.95. The third-order valence-corrected chi connectivity index (χ3v) is 2.88. The SMILES string of the molecule is NS(=O)(=O)c1c[nH]c2ccc(O)cc12. The van der Waals surface area contributed by atoms with E-state index in [1.54, 1.807) is 6.07 Å². The molecule has 6 heteroatoms. The molecule has 0 fully saturated rings. The number of nitrogens with two attached hydrogens (primary N) is 1. The largest absolute Gasteiger partial charge is 0.508 e. The van der Waals surface area contributed by atoms with Gasteiger partial charge in [0.1, 0.15) is 10.6 Å². The van der Waals surface area contributed by atoms with Gasteiger partial charge in [-0.25, -0.2) is 13.6 Å². The van der Waals surface area contributed by atoms with Gasteiger partial charge in [0.25, 0.3) is 0 Å². The zero-order valence-corrected chi connectivity index (χ0v) is 7.88. The van der Waals surface area contributed by atoms with Gasteiger partial charge in [-0.3, -0.25) is 0 Å². The van der Waals surface area contributed by atoms with Crippen LogP contribution >= 0.6 is 0 Å². The second-order valence-corrected chi connectivity index (χ2v) is 4.46. The Morgan fingerprint density at radius 1 is 1.36 bits per heavy atom. The number of phenolic OH excluding ortho intramolecular Hbond substituents is 1. The summed E-state index contributed by atoms with van der Waals surface area (Å²) in [6, 6.07) is 4.40. The number of fused-ring (bicyclic) bond motifs is 1. The summed E-state index contributed by atoms with van der Waals surface area (Å²) in [5.41, 5.74) is 0.617. The molecule has 4 N–H and O–H groups in total. The Kier molecular flexibility index (Phi) is 1.76. The third-order valence-electron chi connectivity index (χ3n) is 1.93. The van der Waals surface area contributed by atoms with E-state index in [0.717, 1.165) is 0 Å². The van der Waals surface area contributed by atoms with Gasteiger partial charge in [0.05, 0.1) is 0 Å². The average Bonchev–Trinajstić information content (AvgIpc) is 2.45. The molecular weight excluding hydrogens is 204 g/mol. The first-order valence-electron chi connectivity index (χ1n) is 3.81. The number of phenols is 1. The molecule has 1 heterocycles. The number of aromatic amines is 1. The monoisotopic (exact) mass is 212 g/mol. The summed E-state index contributed by atoms with van der Waals surface area (Å²) in [4.78, 5) is 2.74. The van der Waals surface area contributed by atoms with E-state index < -0.39 is 10.0 Å². The predicted octanol–water partition coefficient (Wildman–Crippen LogP) is 0.521. The number of benzene rings is 1. The van der Waals surface area contributed by atoms with Crippen LogP contribution in [0.15, 0.2) is 29.3 Å². The van der Waals surface area contributed by atoms with Crippen molar-refractivity contribution in [3.05, 3.63) is 24.4 Å². The molecule has 2 rings (SSSR count). The van der Waals surface area contributed by atoms with Crippen LogP contribution in [0.25, 0.3) is 10.9 Å². The first-order valence-corrected chi connectivity index (χ1v) is 5.36. The van der Waals surface area contributed by atoms with Crippen LogP contribution in [0.2, 0.25) is 0 Å². The predicted molar refractivity (Wildman–Crippen MR) is 51.3 cm³/mol. The fraction of sp³-hybridized carbons (Fsp3) is 0. The number of nitrogens with one attached hydrogen (secondary N) is 1. The molecule has 0 radical (unpaired) electrons. The van der Waals surface area contributed by atoms with Crippen LogP contribution in [0.3, 0.4) is 0 Å². The summed E-state index contributed by atoms with van der Waals surface area (Å²) in [6.07, 6.45) is 1.30. The quantitative estimate of drug-likeness (QED) is 0.643. The van der Waals surface area contributed by atoms with Crippen LogP contribution in [0.5, 0.6) is 5.75 Å². The van der Waals surface area contributed by atoms with Crippen molar-refractivity contribution < 1.29 is 13.5 Å². The molecular formula is C8H8N2O3S. The highest BCUT2D eigenvalue weighted by molar-refractivity contribution is 7.89. The van der Waals surface area contributed by atoms with Crippen molar-refractivity contribution in [3.63, 3.8) is 0 Å². The molecule has 0 amide bonds. The van der Waals surface area contributed by atoms with Gasteiger partial charge in [-0.15, -0.1) is 0 Å². The van der Waals surface area contributed by atoms with E-state index in [2.05, 4.69) is 4.98 Å². The maximum absolute atomic E-state index is 11.1. The van der Waals surface area contributed by atoms with Crippen LogP contribution in [0, 0.1) is 0 Å². The molecule has 0 bridgehead atoms. The highest BCUT2D eigenvalue weighted by Gasteiger charge is 2.14. The van der Waals surface area contributed by atoms with Gasteiger partial charge in [-0.05, 0) is 18.2 Å². The van der Waals surface area contributed by atoms with Crippen molar-refractivity contribution in [2.75, 3.05) is 0 Å². The second kappa shape index (κ2) is 2.73. The highest BCUT2D eigenvalue weighted by Crippen LogP contribution is 2.25. The van der Waals surface area contributed by atoms with E-state index in [-0.39, 0.29) is 10.6 Å². The van der Waals surface area contributed by atoms with Gasteiger partial charge in [0, 0.05) is 17.1 Å². The minimum Gasteiger partial charge on any atom is -0.508 e. The molecule has 1 aromatic heterocycles. The normalized spacial score (nSPS) is 12.1. The summed E-state index contributed by atoms with van der Waals surface area (Å²) in [7, 11) is -3.75. The maximum Gasteiger partial charge on any atom is 0.240 e. The van der Waals surface area contributed by atoms with E-state index in [1.807, 2.05) is 0 Å². The molecule has 0 saturated heterocycles. The molecule has 0 aliphatic carbocycles. The van der Waals surface area contributed by atoms with Crippen molar-refractivity contribution in [1.29, 1.82) is 0 Å². The van der Waals surface area contributed by atoms with E-state index in [0.29, 0.717) is 10.9 Å². The molecule has 1 aromatic carbocycles. The Morgan fingerprint density at radius 2 is 2.07 bits per heavy atom. The molecule has 14 heavy (non-hydrogen) atoms. The third kappa shape index (κ3) is 1.34. The van der Waals surface area contributed by atoms with Gasteiger partial charge in [0.15, 0.2) is 0 Å². The van der Waals surface area contributed by atoms with Crippen LogP contribution in [-0.2, 0) is 10.0 Å². The molecule has 0 spiro atoms. The number of primary sulfonamides is 1. The Balaban J connectivity index is 2.87. The van der Waals surface area contributed by atoms with Gasteiger partial charge in [-0.2, -0.15) is 0 Å². The summed E-state index contributed by atoms with van der Waals surface area (Å²) in [5.74, 6) is 0.00185. The molecule has 0 aliphatic rings. The lowest BCUT2D eigenvalue weighted by Crippen LogP contribution is -2.11. The maximum atomic E-state index is 11.1. The van der Waals surface area contributed by atoms with Crippen LogP contribution in [0.1, 0.15) is 0 Å². The Labute approximate surface area is 80.2 Å². The summed E-state index contributed by atoms with van der Waals surface area (Å²) in [5, 5.41) is 14.6. The molecule has 0 saturated carbocycles. The standard InChI is InChI=1S/C8H8N2O3S/c9-14(12,13)8-4-10-7-2-1-5(11)3-6(7)8/h1-4,10-11H,(H2,9,12,13). The van der Waals surface area contributed by atoms with Gasteiger partial charge < -0.3 is 10.1 Å². The molecule has 0 unspecified atom stereocenters. The first kappa shape index (κ1) is 9.04. The van der Waals surface area contributed by atoms with E-state index in [4.69, 9.17) is 5.14 Å². The zero-order chi connectivity index (χ0) is 10.3. The lowest BCUT2D eigenvalue weighted by atomic mass is 10.2. The first-order chi connectivity index (χ1) is 6.48. The zero-order valence-electron chi connectivity index (χ0n) is 7.06. The molecule has 2 aromatic rings. The van der Waals surface area contributed by atoms with Crippen LogP contribution < -0.4 is 5.14 Å². The number of sulfonamides is 1. The number of hydrogen-bond donors (Lipinski definition) is 3. The van der Waals surface area contributed by atoms with Gasteiger partial charge in [0.2, 0.25) is 10.0 Å². The van der Waals surface area contributed by atoms with Crippen molar-refractivity contribution in [1.82, 2.24) is 4.98 Å². The van der Waals surface area contributed by atoms with Crippen molar-refractivity contribution in [3.8, 4) is 5.75 Å². The van der Waals surface area contributed by atoms with Crippen LogP contribution in [0.4, 0.5) is 0 Å². The van der Waals surface area contributed by atoms with E-state index in [1.165, 1.54) is 18.3 Å². The number of hydrogen-bond acceptors (Lipinski definition) is 3. The van der Waals surface area contributed by atoms with Gasteiger partial charge in [-0.1, -0.05) is 0 Å². The van der Waals surface area contributed by atoms with Crippen molar-refractivity contribution in [2.24, 2.45) is 5.14 Å². The highest BCUT2D eigenvalue weighted by atomic mass is 32.2. The molecule has 0 aliphatic heterocycles. The number of H-pyrrole nitrogens is 1. The van der Waals surface area contributed by atoms with Crippen molar-refractivity contribution >= 4 is 20.9 Å². The lowest BCUT2D eigenvalue weighted by molar-refractivity contribution is 0.476. The van der Waals surface area contributed by atoms with Crippen molar-refractivity contribution in [2.45, 2.75) is 4.90 Å². The topological polar surface area (TPSA) is 96.2 Å². The minimum absolute atomic E-state index is 0.00185. The number of aromatic nitrogens is 1. The Morgan fingerprint density at radius 3 is 2.71 bits per heavy atom. The van der Waals surface area contributed by atoms with E-state index in [9.17, 15) is 13.5 Å². The smallest absolute Gasteiger partial charge is 0.240 e. The minimum atomic E-state index is -3.75. The fourth-order valence-electron chi connectivity index (χ4n) is 1.32. The molecule has 74 valence electrons. The van der Waals surface area contributed by atoms with Crippen LogP contribution in [-0.4, -0.2) is 18.5 Å². The summed E-state index contributed by atoms with van der Waals surface area (Å²) < 4.78 is 22.2.